The number of methoxy groups -OCH3 is 1. The second-order valence-electron chi connectivity index (χ2n) is 4.69. The Bertz CT molecular complexity index is 761. The highest BCUT2D eigenvalue weighted by molar-refractivity contribution is 7.89. The molecule has 118 valence electrons. The lowest BCUT2D eigenvalue weighted by molar-refractivity contribution is 0.414. The molecule has 1 N–H and O–H groups in total. The standard InChI is InChI=1S/C15H15Cl2NO3S/c1-10(11-3-8-14(16)15(17)9-11)18-22(19,20)13-6-4-12(21-2)5-7-13/h3-10,18H,1-2H3. The number of rotatable bonds is 5. The molecule has 0 amide bonds. The Kier molecular flexibility index (Phi) is 5.34. The van der Waals surface area contributed by atoms with Crippen LogP contribution in [-0.4, -0.2) is 15.5 Å². The number of sulfonamides is 1. The normalized spacial score (nSPS) is 12.9. The first-order chi connectivity index (χ1) is 10.3. The maximum atomic E-state index is 12.4. The molecule has 0 saturated carbocycles. The van der Waals surface area contributed by atoms with Crippen LogP contribution in [0.3, 0.4) is 0 Å². The van der Waals surface area contributed by atoms with Gasteiger partial charge in [0, 0.05) is 6.04 Å². The van der Waals surface area contributed by atoms with Gasteiger partial charge in [0.25, 0.3) is 0 Å². The predicted octanol–water partition coefficient (Wildman–Crippen LogP) is 4.04. The summed E-state index contributed by atoms with van der Waals surface area (Å²) in [4.78, 5) is 0.167. The average molecular weight is 360 g/mol. The van der Waals surface area contributed by atoms with Gasteiger partial charge in [-0.05, 0) is 48.9 Å². The molecule has 0 aliphatic carbocycles. The summed E-state index contributed by atoms with van der Waals surface area (Å²) in [6.07, 6.45) is 0. The first kappa shape index (κ1) is 17.1. The summed E-state index contributed by atoms with van der Waals surface area (Å²) in [5.41, 5.74) is 0.728. The van der Waals surface area contributed by atoms with Crippen LogP contribution in [-0.2, 0) is 10.0 Å². The van der Waals surface area contributed by atoms with E-state index >= 15 is 0 Å². The third-order valence-electron chi connectivity index (χ3n) is 3.15. The molecule has 1 atom stereocenters. The zero-order valence-corrected chi connectivity index (χ0v) is 14.3. The fraction of sp³-hybridized carbons (Fsp3) is 0.200. The van der Waals surface area contributed by atoms with Gasteiger partial charge in [0.15, 0.2) is 0 Å². The minimum absolute atomic E-state index is 0.167. The second-order valence-corrected chi connectivity index (χ2v) is 7.22. The van der Waals surface area contributed by atoms with E-state index in [9.17, 15) is 8.42 Å². The van der Waals surface area contributed by atoms with Gasteiger partial charge in [-0.15, -0.1) is 0 Å². The summed E-state index contributed by atoms with van der Waals surface area (Å²) >= 11 is 11.8. The maximum absolute atomic E-state index is 12.4. The molecule has 22 heavy (non-hydrogen) atoms. The van der Waals surface area contributed by atoms with Crippen molar-refractivity contribution in [2.45, 2.75) is 17.9 Å². The van der Waals surface area contributed by atoms with Gasteiger partial charge in [0.2, 0.25) is 10.0 Å². The smallest absolute Gasteiger partial charge is 0.241 e. The Balaban J connectivity index is 2.21. The lowest BCUT2D eigenvalue weighted by atomic mass is 10.1. The lowest BCUT2D eigenvalue weighted by Gasteiger charge is -2.15. The van der Waals surface area contributed by atoms with Gasteiger partial charge in [-0.2, -0.15) is 0 Å². The van der Waals surface area contributed by atoms with Crippen molar-refractivity contribution in [3.8, 4) is 5.75 Å². The van der Waals surface area contributed by atoms with Gasteiger partial charge in [-0.3, -0.25) is 0 Å². The molecule has 2 aromatic rings. The first-order valence-electron chi connectivity index (χ1n) is 6.45. The Morgan fingerprint density at radius 2 is 1.68 bits per heavy atom. The van der Waals surface area contributed by atoms with Crippen LogP contribution in [0.2, 0.25) is 10.0 Å². The number of benzene rings is 2. The number of ether oxygens (including phenoxy) is 1. The van der Waals surface area contributed by atoms with Crippen LogP contribution in [0.15, 0.2) is 47.4 Å². The molecule has 2 rings (SSSR count). The Hall–Kier alpha value is -1.27. The van der Waals surface area contributed by atoms with Gasteiger partial charge in [-0.25, -0.2) is 13.1 Å². The SMILES string of the molecule is COc1ccc(S(=O)(=O)NC(C)c2ccc(Cl)c(Cl)c2)cc1. The summed E-state index contributed by atoms with van der Waals surface area (Å²) in [6.45, 7) is 1.74. The van der Waals surface area contributed by atoms with Crippen molar-refractivity contribution >= 4 is 33.2 Å². The minimum Gasteiger partial charge on any atom is -0.497 e. The average Bonchev–Trinajstić information content (AvgIpc) is 2.49. The van der Waals surface area contributed by atoms with Gasteiger partial charge < -0.3 is 4.74 Å². The molecule has 7 heteroatoms. The maximum Gasteiger partial charge on any atom is 0.241 e. The fourth-order valence-electron chi connectivity index (χ4n) is 1.91. The lowest BCUT2D eigenvalue weighted by Crippen LogP contribution is -2.26. The minimum atomic E-state index is -3.64. The molecule has 0 radical (unpaired) electrons. The fourth-order valence-corrected chi connectivity index (χ4v) is 3.44. The molecule has 0 heterocycles. The second kappa shape index (κ2) is 6.87. The summed E-state index contributed by atoms with van der Waals surface area (Å²) in [5.74, 6) is 0.594. The van der Waals surface area contributed by atoms with E-state index in [2.05, 4.69) is 4.72 Å². The van der Waals surface area contributed by atoms with Crippen LogP contribution in [0.25, 0.3) is 0 Å². The molecular weight excluding hydrogens is 345 g/mol. The van der Waals surface area contributed by atoms with Crippen molar-refractivity contribution < 1.29 is 13.2 Å². The quantitative estimate of drug-likeness (QED) is 0.876. The van der Waals surface area contributed by atoms with Crippen LogP contribution in [0.5, 0.6) is 5.75 Å². The zero-order chi connectivity index (χ0) is 16.3. The molecule has 4 nitrogen and oxygen atoms in total. The monoisotopic (exact) mass is 359 g/mol. The van der Waals surface area contributed by atoms with E-state index in [1.165, 1.54) is 19.2 Å². The van der Waals surface area contributed by atoms with E-state index in [0.717, 1.165) is 5.56 Å². The van der Waals surface area contributed by atoms with Crippen molar-refractivity contribution in [1.82, 2.24) is 4.72 Å². The van der Waals surface area contributed by atoms with E-state index in [1.54, 1.807) is 37.3 Å². The van der Waals surface area contributed by atoms with Gasteiger partial charge >= 0.3 is 0 Å². The van der Waals surface area contributed by atoms with Gasteiger partial charge in [0.05, 0.1) is 22.1 Å². The molecule has 0 saturated heterocycles. The first-order valence-corrected chi connectivity index (χ1v) is 8.69. The third-order valence-corrected chi connectivity index (χ3v) is 5.44. The molecule has 2 aromatic carbocycles. The van der Waals surface area contributed by atoms with Crippen molar-refractivity contribution in [1.29, 1.82) is 0 Å². The summed E-state index contributed by atoms with van der Waals surface area (Å²) in [6, 6.07) is 10.7. The van der Waals surface area contributed by atoms with Crippen molar-refractivity contribution in [3.63, 3.8) is 0 Å². The van der Waals surface area contributed by atoms with Gasteiger partial charge in [-0.1, -0.05) is 29.3 Å². The van der Waals surface area contributed by atoms with Crippen LogP contribution in [0.1, 0.15) is 18.5 Å². The molecule has 0 aromatic heterocycles. The topological polar surface area (TPSA) is 55.4 Å². The highest BCUT2D eigenvalue weighted by Gasteiger charge is 2.19. The van der Waals surface area contributed by atoms with Crippen molar-refractivity contribution in [3.05, 3.63) is 58.1 Å². The van der Waals surface area contributed by atoms with Crippen molar-refractivity contribution in [2.24, 2.45) is 0 Å². The molecular formula is C15H15Cl2NO3S. The number of nitrogens with one attached hydrogen (secondary N) is 1. The van der Waals surface area contributed by atoms with E-state index in [1.807, 2.05) is 0 Å². The number of halogens is 2. The summed E-state index contributed by atoms with van der Waals surface area (Å²) in [5, 5.41) is 0.810. The van der Waals surface area contributed by atoms with E-state index in [-0.39, 0.29) is 4.90 Å². The highest BCUT2D eigenvalue weighted by atomic mass is 35.5. The summed E-state index contributed by atoms with van der Waals surface area (Å²) in [7, 11) is -2.12. The molecule has 0 aliphatic rings. The van der Waals surface area contributed by atoms with E-state index in [4.69, 9.17) is 27.9 Å². The van der Waals surface area contributed by atoms with E-state index < -0.39 is 16.1 Å². The van der Waals surface area contributed by atoms with Crippen LogP contribution in [0.4, 0.5) is 0 Å². The Morgan fingerprint density at radius 1 is 1.05 bits per heavy atom. The van der Waals surface area contributed by atoms with Gasteiger partial charge in [0.1, 0.15) is 5.75 Å². The molecule has 1 unspecified atom stereocenters. The Morgan fingerprint density at radius 3 is 2.23 bits per heavy atom. The zero-order valence-electron chi connectivity index (χ0n) is 12.0. The molecule has 0 aliphatic heterocycles. The molecule has 0 spiro atoms. The largest absolute Gasteiger partial charge is 0.497 e. The molecule has 0 bridgehead atoms. The van der Waals surface area contributed by atoms with E-state index in [0.29, 0.717) is 15.8 Å². The highest BCUT2D eigenvalue weighted by Crippen LogP contribution is 2.26. The molecule has 0 fully saturated rings. The van der Waals surface area contributed by atoms with Crippen LogP contribution in [0, 0.1) is 0 Å². The Labute approximate surface area is 140 Å². The predicted molar refractivity (Wildman–Crippen MR) is 88.2 cm³/mol. The third kappa shape index (κ3) is 3.93. The van der Waals surface area contributed by atoms with Crippen molar-refractivity contribution in [2.75, 3.05) is 7.11 Å². The number of hydrogen-bond donors (Lipinski definition) is 1. The summed E-state index contributed by atoms with van der Waals surface area (Å²) < 4.78 is 32.3. The number of hydrogen-bond acceptors (Lipinski definition) is 3. The van der Waals surface area contributed by atoms with Crippen LogP contribution < -0.4 is 9.46 Å². The van der Waals surface area contributed by atoms with Crippen LogP contribution >= 0.6 is 23.2 Å².